The number of aliphatic imine (C=N–C) groups is 1. The largest absolute Gasteiger partial charge is 0.481 e. The van der Waals surface area contributed by atoms with E-state index < -0.39 is 18.0 Å². The Hall–Kier alpha value is -3.94. The highest BCUT2D eigenvalue weighted by Crippen LogP contribution is 2.19. The second-order valence-corrected chi connectivity index (χ2v) is 7.17. The van der Waals surface area contributed by atoms with Crippen molar-refractivity contribution in [1.29, 1.82) is 0 Å². The summed E-state index contributed by atoms with van der Waals surface area (Å²) in [5, 5.41) is 11.6. The van der Waals surface area contributed by atoms with Gasteiger partial charge in [-0.05, 0) is 42.3 Å². The molecule has 0 saturated heterocycles. The van der Waals surface area contributed by atoms with Crippen molar-refractivity contribution in [2.45, 2.75) is 18.9 Å². The second kappa shape index (κ2) is 9.71. The topological polar surface area (TPSA) is 108 Å². The third kappa shape index (κ3) is 5.79. The number of aliphatic carboxylic acids is 1. The normalized spacial score (nSPS) is 15.8. The van der Waals surface area contributed by atoms with Gasteiger partial charge < -0.3 is 20.1 Å². The van der Waals surface area contributed by atoms with Crippen molar-refractivity contribution in [3.63, 3.8) is 0 Å². The monoisotopic (exact) mass is 421 g/mol. The number of nitrogens with zero attached hydrogens (tertiary/aromatic N) is 2. The zero-order valence-electron chi connectivity index (χ0n) is 17.2. The van der Waals surface area contributed by atoms with Gasteiger partial charge in [0.05, 0.1) is 0 Å². The lowest BCUT2D eigenvalue weighted by Crippen LogP contribution is -2.28. The average Bonchev–Trinajstić information content (AvgIpc) is 3.13. The molecule has 0 aromatic heterocycles. The van der Waals surface area contributed by atoms with Crippen molar-refractivity contribution in [1.82, 2.24) is 5.32 Å². The molecule has 1 aliphatic rings. The molecule has 160 valence electrons. The number of esters is 1. The maximum atomic E-state index is 12.7. The molecule has 2 N–H and O–H groups in total. The first-order valence-electron chi connectivity index (χ1n) is 9.70. The molecule has 0 bridgehead atoms. The molecule has 0 saturated carbocycles. The van der Waals surface area contributed by atoms with E-state index in [1.165, 1.54) is 0 Å². The van der Waals surface area contributed by atoms with Gasteiger partial charge in [-0.3, -0.25) is 9.59 Å². The molecule has 1 heterocycles. The predicted molar refractivity (Wildman–Crippen MR) is 117 cm³/mol. The summed E-state index contributed by atoms with van der Waals surface area (Å²) in [5.41, 5.74) is 2.42. The number of rotatable bonds is 8. The van der Waals surface area contributed by atoms with Gasteiger partial charge in [-0.2, -0.15) is 0 Å². The van der Waals surface area contributed by atoms with Crippen LogP contribution < -0.4 is 10.2 Å². The van der Waals surface area contributed by atoms with E-state index in [4.69, 9.17) is 9.84 Å². The van der Waals surface area contributed by atoms with Gasteiger partial charge in [0.2, 0.25) is 5.90 Å². The van der Waals surface area contributed by atoms with Crippen LogP contribution in [0.15, 0.2) is 65.3 Å². The predicted octanol–water partition coefficient (Wildman–Crippen LogP) is 2.71. The van der Waals surface area contributed by atoms with E-state index in [1.807, 2.05) is 43.3 Å². The van der Waals surface area contributed by atoms with E-state index in [0.717, 1.165) is 11.3 Å². The molecule has 1 aliphatic heterocycles. The second-order valence-electron chi connectivity index (χ2n) is 7.17. The minimum Gasteiger partial charge on any atom is -0.481 e. The fourth-order valence-corrected chi connectivity index (χ4v) is 2.92. The van der Waals surface area contributed by atoms with Gasteiger partial charge in [0, 0.05) is 31.8 Å². The molecule has 3 rings (SSSR count). The number of nitrogens with one attached hydrogen (secondary N) is 1. The van der Waals surface area contributed by atoms with Crippen LogP contribution in [-0.2, 0) is 14.3 Å². The first-order chi connectivity index (χ1) is 14.8. The number of anilines is 1. The summed E-state index contributed by atoms with van der Waals surface area (Å²) in [6.45, 7) is 0. The van der Waals surface area contributed by atoms with Crippen LogP contribution >= 0.6 is 0 Å². The van der Waals surface area contributed by atoms with Crippen LogP contribution in [0.2, 0.25) is 0 Å². The number of amides is 1. The zero-order valence-corrected chi connectivity index (χ0v) is 17.2. The molecular weight excluding hydrogens is 398 g/mol. The lowest BCUT2D eigenvalue weighted by atomic mass is 10.1. The number of cyclic esters (lactones) is 1. The third-order valence-corrected chi connectivity index (χ3v) is 4.61. The summed E-state index contributed by atoms with van der Waals surface area (Å²) in [7, 11) is 3.86. The van der Waals surface area contributed by atoms with Crippen molar-refractivity contribution in [2.24, 2.45) is 4.99 Å². The van der Waals surface area contributed by atoms with Crippen LogP contribution in [0, 0.1) is 0 Å². The number of hydrogen-bond donors (Lipinski definition) is 2. The molecule has 0 fully saturated rings. The van der Waals surface area contributed by atoms with Gasteiger partial charge in [0.1, 0.15) is 5.70 Å². The maximum absolute atomic E-state index is 12.7. The lowest BCUT2D eigenvalue weighted by Gasteiger charge is -2.13. The first-order valence-corrected chi connectivity index (χ1v) is 9.70. The molecule has 0 radical (unpaired) electrons. The standard InChI is InChI=1S/C23H23N3O5/c1-26(2)17-10-8-15(9-11-17)14-19(24-21(29)16-6-4-3-5-7-16)22-25-18(23(30)31-22)12-13-20(27)28/h3-11,14,18H,12-13H2,1-2H3,(H,24,29)(H,27,28)/b19-14+. The Labute approximate surface area is 179 Å². The summed E-state index contributed by atoms with van der Waals surface area (Å²) in [6.07, 6.45) is 1.47. The van der Waals surface area contributed by atoms with Gasteiger partial charge in [-0.15, -0.1) is 0 Å². The zero-order chi connectivity index (χ0) is 22.4. The highest BCUT2D eigenvalue weighted by atomic mass is 16.6. The smallest absolute Gasteiger partial charge is 0.337 e. The number of carboxylic acid groups (broad SMARTS) is 1. The summed E-state index contributed by atoms with van der Waals surface area (Å²) in [6, 6.07) is 15.3. The molecule has 2 aromatic carbocycles. The number of hydrogen-bond acceptors (Lipinski definition) is 6. The number of ether oxygens (including phenoxy) is 1. The van der Waals surface area contributed by atoms with Crippen molar-refractivity contribution >= 4 is 35.5 Å². The number of benzene rings is 2. The van der Waals surface area contributed by atoms with Gasteiger partial charge >= 0.3 is 11.9 Å². The minimum atomic E-state index is -1.02. The van der Waals surface area contributed by atoms with Crippen LogP contribution in [0.1, 0.15) is 28.8 Å². The number of carboxylic acids is 1. The van der Waals surface area contributed by atoms with E-state index >= 15 is 0 Å². The van der Waals surface area contributed by atoms with E-state index in [9.17, 15) is 14.4 Å². The lowest BCUT2D eigenvalue weighted by molar-refractivity contribution is -0.138. The molecule has 0 aliphatic carbocycles. The molecule has 1 amide bonds. The van der Waals surface area contributed by atoms with Crippen molar-refractivity contribution in [2.75, 3.05) is 19.0 Å². The highest BCUT2D eigenvalue weighted by Gasteiger charge is 2.31. The average molecular weight is 421 g/mol. The van der Waals surface area contributed by atoms with Crippen molar-refractivity contribution in [3.05, 3.63) is 71.4 Å². The molecular formula is C23H23N3O5. The Balaban J connectivity index is 1.90. The minimum absolute atomic E-state index is 0.0229. The fourth-order valence-electron chi connectivity index (χ4n) is 2.92. The van der Waals surface area contributed by atoms with Crippen LogP contribution in [0.5, 0.6) is 0 Å². The van der Waals surface area contributed by atoms with Gasteiger partial charge in [0.25, 0.3) is 5.91 Å². The van der Waals surface area contributed by atoms with E-state index in [0.29, 0.717) is 5.56 Å². The van der Waals surface area contributed by atoms with Crippen molar-refractivity contribution < 1.29 is 24.2 Å². The third-order valence-electron chi connectivity index (χ3n) is 4.61. The summed E-state index contributed by atoms with van der Waals surface area (Å²) in [4.78, 5) is 41.9. The van der Waals surface area contributed by atoms with Gasteiger partial charge in [-0.25, -0.2) is 9.79 Å². The Bertz CT molecular complexity index is 1030. The van der Waals surface area contributed by atoms with E-state index in [1.54, 1.807) is 36.4 Å². The quantitative estimate of drug-likeness (QED) is 0.635. The van der Waals surface area contributed by atoms with Crippen LogP contribution in [0.3, 0.4) is 0 Å². The summed E-state index contributed by atoms with van der Waals surface area (Å²) >= 11 is 0. The van der Waals surface area contributed by atoms with Gasteiger partial charge in [-0.1, -0.05) is 30.3 Å². The van der Waals surface area contributed by atoms with E-state index in [-0.39, 0.29) is 30.3 Å². The van der Waals surface area contributed by atoms with Gasteiger partial charge in [0.15, 0.2) is 6.04 Å². The van der Waals surface area contributed by atoms with Crippen LogP contribution in [0.25, 0.3) is 6.08 Å². The maximum Gasteiger partial charge on any atom is 0.337 e. The Kier molecular flexibility index (Phi) is 6.81. The van der Waals surface area contributed by atoms with Crippen LogP contribution in [0.4, 0.5) is 5.69 Å². The van der Waals surface area contributed by atoms with E-state index in [2.05, 4.69) is 10.3 Å². The number of carbonyl (C=O) groups excluding carboxylic acids is 2. The number of carbonyl (C=O) groups is 3. The molecule has 31 heavy (non-hydrogen) atoms. The SMILES string of the molecule is CN(C)c1ccc(/C=C(/NC(=O)c2ccccc2)C2=NC(CCC(=O)O)C(=O)O2)cc1. The highest BCUT2D eigenvalue weighted by molar-refractivity contribution is 6.11. The molecule has 0 spiro atoms. The molecule has 2 aromatic rings. The Morgan fingerprint density at radius 1 is 1.13 bits per heavy atom. The Morgan fingerprint density at radius 2 is 1.81 bits per heavy atom. The Morgan fingerprint density at radius 3 is 2.42 bits per heavy atom. The molecule has 1 atom stereocenters. The molecule has 8 heteroatoms. The molecule has 1 unspecified atom stereocenters. The van der Waals surface area contributed by atoms with Crippen molar-refractivity contribution in [3.8, 4) is 0 Å². The first kappa shape index (κ1) is 21.8. The van der Waals surface area contributed by atoms with Crippen LogP contribution in [-0.4, -0.2) is 49.0 Å². The summed E-state index contributed by atoms with van der Waals surface area (Å²) < 4.78 is 5.27. The summed E-state index contributed by atoms with van der Waals surface area (Å²) in [5.74, 6) is -2.09. The molecule has 8 nitrogen and oxygen atoms in total. The fraction of sp³-hybridized carbons (Fsp3) is 0.217.